The molecule has 8 nitrogen and oxygen atoms in total. The van der Waals surface area contributed by atoms with Crippen LogP contribution in [0.1, 0.15) is 5.56 Å². The first-order chi connectivity index (χ1) is 14.4. The molecule has 9 heteroatoms. The van der Waals surface area contributed by atoms with E-state index in [1.54, 1.807) is 24.4 Å². The Balaban J connectivity index is 0.00000341. The van der Waals surface area contributed by atoms with Gasteiger partial charge >= 0.3 is 6.03 Å². The molecule has 0 saturated carbocycles. The van der Waals surface area contributed by atoms with Crippen molar-refractivity contribution in [1.82, 2.24) is 9.88 Å². The molecule has 0 saturated heterocycles. The third-order valence-electron chi connectivity index (χ3n) is 4.62. The number of rotatable bonds is 6. The second kappa shape index (κ2) is 11.1. The SMILES string of the molecule is [CH2-]C(C#N)N([CH2-])C(=O)C(N)Cc1c[nH]c2ccc(NC(=O)Nc3ccccc3)cc12.[Y]. The van der Waals surface area contributed by atoms with Crippen molar-refractivity contribution in [1.29, 1.82) is 5.26 Å². The molecule has 2 unspecified atom stereocenters. The topological polar surface area (TPSA) is 127 Å². The summed E-state index contributed by atoms with van der Waals surface area (Å²) in [4.78, 5) is 28.7. The third kappa shape index (κ3) is 6.14. The summed E-state index contributed by atoms with van der Waals surface area (Å²) in [6.07, 6.45) is 2.01. The number of nitrogens with two attached hydrogens (primary N) is 1. The second-order valence-electron chi connectivity index (χ2n) is 6.78. The predicted octanol–water partition coefficient (Wildman–Crippen LogP) is 3.03. The molecule has 2 aromatic carbocycles. The van der Waals surface area contributed by atoms with E-state index >= 15 is 0 Å². The molecule has 3 amide bonds. The van der Waals surface area contributed by atoms with Gasteiger partial charge in [0.25, 0.3) is 0 Å². The molecule has 3 rings (SSSR count). The average Bonchev–Trinajstić information content (AvgIpc) is 3.14. The number of nitrogens with one attached hydrogen (secondary N) is 3. The van der Waals surface area contributed by atoms with E-state index in [4.69, 9.17) is 11.0 Å². The normalized spacial score (nSPS) is 12.2. The Labute approximate surface area is 206 Å². The Hall–Kier alpha value is -2.73. The van der Waals surface area contributed by atoms with Crippen LogP contribution in [0.15, 0.2) is 54.7 Å². The zero-order valence-electron chi connectivity index (χ0n) is 16.8. The number of urea groups is 1. The average molecular weight is 491 g/mol. The van der Waals surface area contributed by atoms with Gasteiger partial charge in [-0.2, -0.15) is 5.26 Å². The number of fused-ring (bicyclic) bond motifs is 1. The fraction of sp³-hybridized carbons (Fsp3) is 0.136. The number of amides is 3. The quantitative estimate of drug-likeness (QED) is 0.396. The minimum Gasteiger partial charge on any atom is -0.505 e. The van der Waals surface area contributed by atoms with Crippen LogP contribution in [0.4, 0.5) is 16.2 Å². The molecule has 3 aromatic rings. The molecule has 2 atom stereocenters. The Morgan fingerprint density at radius 1 is 1.16 bits per heavy atom. The molecule has 0 fully saturated rings. The van der Waals surface area contributed by atoms with Crippen LogP contribution in [-0.2, 0) is 43.9 Å². The van der Waals surface area contributed by atoms with Gasteiger partial charge in [-0.1, -0.05) is 18.2 Å². The first-order valence-electron chi connectivity index (χ1n) is 9.24. The molecule has 0 spiro atoms. The van der Waals surface area contributed by atoms with E-state index in [-0.39, 0.29) is 45.2 Å². The maximum absolute atomic E-state index is 12.4. The molecule has 1 radical (unpaired) electrons. The van der Waals surface area contributed by atoms with Gasteiger partial charge in [-0.3, -0.25) is 11.8 Å². The summed E-state index contributed by atoms with van der Waals surface area (Å²) < 4.78 is 0. The van der Waals surface area contributed by atoms with E-state index < -0.39 is 18.0 Å². The van der Waals surface area contributed by atoms with E-state index in [1.807, 2.05) is 36.4 Å². The van der Waals surface area contributed by atoms with Crippen LogP contribution >= 0.6 is 0 Å². The molecule has 5 N–H and O–H groups in total. The van der Waals surface area contributed by atoms with E-state index in [2.05, 4.69) is 29.6 Å². The first-order valence-corrected chi connectivity index (χ1v) is 9.24. The van der Waals surface area contributed by atoms with E-state index in [0.717, 1.165) is 21.4 Å². The molecule has 0 aliphatic carbocycles. The number of anilines is 2. The van der Waals surface area contributed by atoms with E-state index in [0.29, 0.717) is 11.4 Å². The summed E-state index contributed by atoms with van der Waals surface area (Å²) in [6.45, 7) is 3.55. The predicted molar refractivity (Wildman–Crippen MR) is 116 cm³/mol. The number of para-hydroxylation sites is 1. The monoisotopic (exact) mass is 491 g/mol. The number of nitriles is 1. The minimum absolute atomic E-state index is 0. The molecular weight excluding hydrogens is 469 g/mol. The van der Waals surface area contributed by atoms with Crippen LogP contribution < -0.4 is 16.4 Å². The van der Waals surface area contributed by atoms with Crippen molar-refractivity contribution in [2.24, 2.45) is 5.73 Å². The Kier molecular flexibility index (Phi) is 8.75. The van der Waals surface area contributed by atoms with Crippen LogP contribution in [0.25, 0.3) is 10.9 Å². The van der Waals surface area contributed by atoms with Crippen molar-refractivity contribution < 1.29 is 42.3 Å². The first kappa shape index (κ1) is 24.5. The third-order valence-corrected chi connectivity index (χ3v) is 4.62. The number of H-pyrrole nitrogens is 1. The number of nitrogens with zero attached hydrogens (tertiary/aromatic N) is 2. The van der Waals surface area contributed by atoms with Crippen molar-refractivity contribution in [3.05, 3.63) is 74.3 Å². The van der Waals surface area contributed by atoms with Crippen molar-refractivity contribution >= 4 is 34.2 Å². The van der Waals surface area contributed by atoms with Crippen molar-refractivity contribution in [2.45, 2.75) is 18.5 Å². The smallest absolute Gasteiger partial charge is 0.323 e. The molecule has 1 heterocycles. The summed E-state index contributed by atoms with van der Waals surface area (Å²) in [5.74, 6) is -0.470. The zero-order valence-corrected chi connectivity index (χ0v) is 19.7. The molecule has 31 heavy (non-hydrogen) atoms. The number of carbonyl (C=O) groups excluding carboxylic acids is 2. The summed E-state index contributed by atoms with van der Waals surface area (Å²) in [7, 11) is 3.56. The van der Waals surface area contributed by atoms with Gasteiger partial charge in [-0.15, -0.1) is 0 Å². The van der Waals surface area contributed by atoms with Crippen molar-refractivity contribution in [2.75, 3.05) is 10.6 Å². The summed E-state index contributed by atoms with van der Waals surface area (Å²) in [6, 6.07) is 14.2. The fourth-order valence-electron chi connectivity index (χ4n) is 3.00. The largest absolute Gasteiger partial charge is 0.505 e. The molecular formula is C22H22N6O2Y-2. The zero-order chi connectivity index (χ0) is 21.7. The molecule has 0 bridgehead atoms. The van der Waals surface area contributed by atoms with Gasteiger partial charge in [-0.25, -0.2) is 4.79 Å². The van der Waals surface area contributed by atoms with Crippen molar-refractivity contribution in [3.8, 4) is 6.07 Å². The van der Waals surface area contributed by atoms with Crippen LogP contribution in [0.5, 0.6) is 0 Å². The summed E-state index contributed by atoms with van der Waals surface area (Å²) in [5, 5.41) is 15.3. The standard InChI is InChI=1S/C22H22N6O2.Y/c1-14(12-23)28(2)21(29)19(24)10-15-13-25-20-9-8-17(11-18(15)20)27-22(30)26-16-6-4-3-5-7-16;/h3-9,11,13-14,19,25H,1-2,10,24H2,(H2,26,27,30);/q-2;. The van der Waals surface area contributed by atoms with Crippen LogP contribution in [0.3, 0.4) is 0 Å². The Bertz CT molecular complexity index is 1090. The Morgan fingerprint density at radius 2 is 1.84 bits per heavy atom. The molecule has 0 aliphatic heterocycles. The number of aromatic amines is 1. The maximum atomic E-state index is 12.4. The second-order valence-corrected chi connectivity index (χ2v) is 6.78. The summed E-state index contributed by atoms with van der Waals surface area (Å²) in [5.41, 5.74) is 8.97. The van der Waals surface area contributed by atoms with Crippen LogP contribution in [0.2, 0.25) is 0 Å². The van der Waals surface area contributed by atoms with Gasteiger partial charge in [0.2, 0.25) is 5.91 Å². The van der Waals surface area contributed by atoms with Crippen LogP contribution in [-0.4, -0.2) is 33.9 Å². The summed E-state index contributed by atoms with van der Waals surface area (Å²) >= 11 is 0. The maximum Gasteiger partial charge on any atom is 0.323 e. The Morgan fingerprint density at radius 3 is 2.52 bits per heavy atom. The molecule has 0 aliphatic rings. The number of carbonyl (C=O) groups is 2. The molecule has 157 valence electrons. The van der Waals surface area contributed by atoms with Crippen LogP contribution in [0, 0.1) is 25.3 Å². The number of hydrogen-bond acceptors (Lipinski definition) is 4. The van der Waals surface area contributed by atoms with Gasteiger partial charge in [0.15, 0.2) is 0 Å². The van der Waals surface area contributed by atoms with E-state index in [9.17, 15) is 9.59 Å². The van der Waals surface area contributed by atoms with Gasteiger partial charge in [0, 0.05) is 61.2 Å². The van der Waals surface area contributed by atoms with Gasteiger partial charge in [-0.05, 0) is 48.4 Å². The van der Waals surface area contributed by atoms with Gasteiger partial charge in [0.05, 0.1) is 12.1 Å². The number of aromatic nitrogens is 1. The van der Waals surface area contributed by atoms with Gasteiger partial charge < -0.3 is 33.2 Å². The fourth-order valence-corrected chi connectivity index (χ4v) is 3.00. The number of hydrogen-bond donors (Lipinski definition) is 4. The van der Waals surface area contributed by atoms with E-state index in [1.165, 1.54) is 0 Å². The van der Waals surface area contributed by atoms with Gasteiger partial charge in [0.1, 0.15) is 0 Å². The number of benzene rings is 2. The molecule has 1 aromatic heterocycles. The van der Waals surface area contributed by atoms with Crippen molar-refractivity contribution in [3.63, 3.8) is 0 Å². The minimum atomic E-state index is -0.912.